The number of alkyl halides is 3. The van der Waals surface area contributed by atoms with Crippen LogP contribution in [0.3, 0.4) is 0 Å². The summed E-state index contributed by atoms with van der Waals surface area (Å²) in [6.45, 7) is -1.74. The minimum Gasteiger partial charge on any atom is -0.451 e. The summed E-state index contributed by atoms with van der Waals surface area (Å²) in [7, 11) is 0. The fraction of sp³-hybridized carbons (Fsp3) is 0.118. The van der Waals surface area contributed by atoms with Gasteiger partial charge < -0.3 is 10.5 Å². The molecule has 134 valence electrons. The SMILES string of the molecule is Nc1cccc(C(=O)n2nc(C(=O)OCC(F)(F)F)c3ccccc32)c1. The summed E-state index contributed by atoms with van der Waals surface area (Å²) in [4.78, 5) is 24.7. The third kappa shape index (κ3) is 3.51. The minimum atomic E-state index is -4.66. The lowest BCUT2D eigenvalue weighted by atomic mass is 10.2. The van der Waals surface area contributed by atoms with E-state index in [1.807, 2.05) is 0 Å². The maximum atomic E-state index is 12.7. The van der Waals surface area contributed by atoms with Gasteiger partial charge in [-0.3, -0.25) is 4.79 Å². The normalized spacial score (nSPS) is 11.5. The van der Waals surface area contributed by atoms with Crippen molar-refractivity contribution in [3.8, 4) is 0 Å². The summed E-state index contributed by atoms with van der Waals surface area (Å²) >= 11 is 0. The maximum Gasteiger partial charge on any atom is 0.422 e. The zero-order chi connectivity index (χ0) is 18.9. The Morgan fingerprint density at radius 1 is 1.12 bits per heavy atom. The number of para-hydroxylation sites is 1. The number of carbonyl (C=O) groups excluding carboxylic acids is 2. The molecule has 0 atom stereocenters. The van der Waals surface area contributed by atoms with Gasteiger partial charge in [-0.1, -0.05) is 24.3 Å². The number of nitrogens with zero attached hydrogens (tertiary/aromatic N) is 2. The monoisotopic (exact) mass is 363 g/mol. The standard InChI is InChI=1S/C17H12F3N3O3/c18-17(19,20)9-26-16(25)14-12-6-1-2-7-13(12)23(22-14)15(24)10-4-3-5-11(21)8-10/h1-8H,9,21H2. The predicted molar refractivity (Wildman–Crippen MR) is 86.7 cm³/mol. The zero-order valence-corrected chi connectivity index (χ0v) is 13.2. The molecule has 0 saturated heterocycles. The summed E-state index contributed by atoms with van der Waals surface area (Å²) in [5.41, 5.74) is 6.12. The lowest BCUT2D eigenvalue weighted by molar-refractivity contribution is -0.161. The molecule has 26 heavy (non-hydrogen) atoms. The van der Waals surface area contributed by atoms with E-state index >= 15 is 0 Å². The summed E-state index contributed by atoms with van der Waals surface area (Å²) in [6.07, 6.45) is -4.66. The van der Waals surface area contributed by atoms with Crippen molar-refractivity contribution in [1.29, 1.82) is 0 Å². The average Bonchev–Trinajstić information content (AvgIpc) is 2.98. The molecule has 3 aromatic rings. The highest BCUT2D eigenvalue weighted by Crippen LogP contribution is 2.22. The largest absolute Gasteiger partial charge is 0.451 e. The number of esters is 1. The molecule has 0 spiro atoms. The van der Waals surface area contributed by atoms with Crippen LogP contribution >= 0.6 is 0 Å². The van der Waals surface area contributed by atoms with Crippen molar-refractivity contribution in [2.45, 2.75) is 6.18 Å². The first kappa shape index (κ1) is 17.5. The highest BCUT2D eigenvalue weighted by atomic mass is 19.4. The highest BCUT2D eigenvalue weighted by Gasteiger charge is 2.31. The lowest BCUT2D eigenvalue weighted by Crippen LogP contribution is -2.21. The van der Waals surface area contributed by atoms with Crippen LogP contribution in [0.15, 0.2) is 48.5 Å². The summed E-state index contributed by atoms with van der Waals surface area (Å²) in [5, 5.41) is 4.09. The number of aromatic nitrogens is 2. The van der Waals surface area contributed by atoms with Crippen molar-refractivity contribution in [1.82, 2.24) is 9.78 Å². The van der Waals surface area contributed by atoms with Gasteiger partial charge in [0.15, 0.2) is 12.3 Å². The van der Waals surface area contributed by atoms with Gasteiger partial charge in [0.1, 0.15) is 0 Å². The highest BCUT2D eigenvalue weighted by molar-refractivity contribution is 6.07. The molecule has 0 saturated carbocycles. The molecule has 0 aliphatic carbocycles. The van der Waals surface area contributed by atoms with E-state index in [-0.39, 0.29) is 22.2 Å². The second-order valence-electron chi connectivity index (χ2n) is 5.40. The van der Waals surface area contributed by atoms with Crippen LogP contribution in [0, 0.1) is 0 Å². The van der Waals surface area contributed by atoms with Gasteiger partial charge in [-0.05, 0) is 24.3 Å². The third-order valence-electron chi connectivity index (χ3n) is 3.47. The molecule has 2 aromatic carbocycles. The van der Waals surface area contributed by atoms with Crippen LogP contribution in [0.4, 0.5) is 18.9 Å². The number of benzene rings is 2. The Hall–Kier alpha value is -3.36. The van der Waals surface area contributed by atoms with Crippen LogP contribution in [-0.2, 0) is 4.74 Å². The Balaban J connectivity index is 2.02. The number of hydrogen-bond donors (Lipinski definition) is 1. The van der Waals surface area contributed by atoms with Gasteiger partial charge >= 0.3 is 12.1 Å². The van der Waals surface area contributed by atoms with Gasteiger partial charge in [0, 0.05) is 16.6 Å². The van der Waals surface area contributed by atoms with Crippen LogP contribution in [0.5, 0.6) is 0 Å². The van der Waals surface area contributed by atoms with Gasteiger partial charge in [-0.15, -0.1) is 0 Å². The molecule has 2 N–H and O–H groups in total. The average molecular weight is 363 g/mol. The van der Waals surface area contributed by atoms with Crippen LogP contribution in [0.2, 0.25) is 0 Å². The molecule has 1 heterocycles. The van der Waals surface area contributed by atoms with Crippen LogP contribution in [-0.4, -0.2) is 34.4 Å². The molecule has 6 nitrogen and oxygen atoms in total. The van der Waals surface area contributed by atoms with Crippen molar-refractivity contribution >= 4 is 28.5 Å². The van der Waals surface area contributed by atoms with E-state index in [1.54, 1.807) is 24.3 Å². The van der Waals surface area contributed by atoms with Crippen LogP contribution in [0.25, 0.3) is 10.9 Å². The molecule has 1 aromatic heterocycles. The Kier molecular flexibility index (Phi) is 4.37. The Labute approximate surface area is 145 Å². The number of halogens is 3. The second kappa shape index (κ2) is 6.51. The summed E-state index contributed by atoms with van der Waals surface area (Å²) in [5.74, 6) is -1.85. The maximum absolute atomic E-state index is 12.7. The fourth-order valence-electron chi connectivity index (χ4n) is 2.38. The van der Waals surface area contributed by atoms with Crippen molar-refractivity contribution < 1.29 is 27.5 Å². The van der Waals surface area contributed by atoms with E-state index in [0.717, 1.165) is 4.68 Å². The van der Waals surface area contributed by atoms with E-state index in [0.29, 0.717) is 5.69 Å². The number of nitrogens with two attached hydrogens (primary N) is 1. The van der Waals surface area contributed by atoms with Gasteiger partial charge in [0.25, 0.3) is 5.91 Å². The van der Waals surface area contributed by atoms with E-state index < -0.39 is 24.7 Å². The lowest BCUT2D eigenvalue weighted by Gasteiger charge is -2.06. The number of carbonyl (C=O) groups is 2. The van der Waals surface area contributed by atoms with Crippen LogP contribution < -0.4 is 5.73 Å². The van der Waals surface area contributed by atoms with Crippen molar-refractivity contribution in [2.24, 2.45) is 0 Å². The first-order valence-corrected chi connectivity index (χ1v) is 7.38. The van der Waals surface area contributed by atoms with Gasteiger partial charge in [0.05, 0.1) is 5.52 Å². The van der Waals surface area contributed by atoms with E-state index in [4.69, 9.17) is 5.73 Å². The third-order valence-corrected chi connectivity index (χ3v) is 3.47. The number of fused-ring (bicyclic) bond motifs is 1. The van der Waals surface area contributed by atoms with Gasteiger partial charge in [0.2, 0.25) is 0 Å². The predicted octanol–water partition coefficient (Wildman–Crippen LogP) is 3.03. The van der Waals surface area contributed by atoms with Gasteiger partial charge in [-0.25, -0.2) is 4.79 Å². The molecule has 0 aliphatic rings. The summed E-state index contributed by atoms with van der Waals surface area (Å²) < 4.78 is 42.0. The molecule has 0 fully saturated rings. The van der Waals surface area contributed by atoms with Gasteiger partial charge in [-0.2, -0.15) is 23.0 Å². The number of rotatable bonds is 3. The first-order valence-electron chi connectivity index (χ1n) is 7.38. The molecule has 0 amide bonds. The molecule has 0 bridgehead atoms. The Morgan fingerprint density at radius 2 is 1.85 bits per heavy atom. The molecule has 3 rings (SSSR count). The molecular weight excluding hydrogens is 351 g/mol. The molecule has 0 radical (unpaired) electrons. The smallest absolute Gasteiger partial charge is 0.422 e. The number of hydrogen-bond acceptors (Lipinski definition) is 5. The van der Waals surface area contributed by atoms with E-state index in [9.17, 15) is 22.8 Å². The van der Waals surface area contributed by atoms with E-state index in [1.165, 1.54) is 24.3 Å². The molecule has 9 heteroatoms. The fourth-order valence-corrected chi connectivity index (χ4v) is 2.38. The number of anilines is 1. The number of nitrogen functional groups attached to an aromatic ring is 1. The minimum absolute atomic E-state index is 0.205. The molecular formula is C17H12F3N3O3. The quantitative estimate of drug-likeness (QED) is 0.571. The van der Waals surface area contributed by atoms with Crippen molar-refractivity contribution in [2.75, 3.05) is 12.3 Å². The molecule has 0 aliphatic heterocycles. The molecule has 0 unspecified atom stereocenters. The second-order valence-corrected chi connectivity index (χ2v) is 5.40. The van der Waals surface area contributed by atoms with E-state index in [2.05, 4.69) is 9.84 Å². The number of ether oxygens (including phenoxy) is 1. The van der Waals surface area contributed by atoms with Crippen molar-refractivity contribution in [3.63, 3.8) is 0 Å². The Morgan fingerprint density at radius 3 is 2.54 bits per heavy atom. The summed E-state index contributed by atoms with van der Waals surface area (Å²) in [6, 6.07) is 12.3. The topological polar surface area (TPSA) is 87.2 Å². The zero-order valence-electron chi connectivity index (χ0n) is 13.2. The van der Waals surface area contributed by atoms with Crippen molar-refractivity contribution in [3.05, 3.63) is 59.8 Å². The Bertz CT molecular complexity index is 996. The van der Waals surface area contributed by atoms with Crippen LogP contribution in [0.1, 0.15) is 20.8 Å². The first-order chi connectivity index (χ1) is 12.3.